The number of aromatic nitrogens is 2. The lowest BCUT2D eigenvalue weighted by Gasteiger charge is -2.38. The van der Waals surface area contributed by atoms with Gasteiger partial charge in [-0.3, -0.25) is 14.6 Å². The van der Waals surface area contributed by atoms with Crippen LogP contribution in [0.2, 0.25) is 0 Å². The lowest BCUT2D eigenvalue weighted by molar-refractivity contribution is -0.125. The molecule has 1 spiro atoms. The highest BCUT2D eigenvalue weighted by Crippen LogP contribution is 2.36. The molecule has 2 aromatic carbocycles. The molecule has 1 saturated heterocycles. The zero-order chi connectivity index (χ0) is 33.0. The summed E-state index contributed by atoms with van der Waals surface area (Å²) in [5.41, 5.74) is 3.68. The SMILES string of the molecule is CCC(C)CN(C=O)Cc1ccc(C2=NC3(CCN(C4CCCC4)CC3)C(=O)N2)cc1Oc1ccc(-c2ccc(C(C)C)nn2)cc1. The van der Waals surface area contributed by atoms with Gasteiger partial charge in [-0.15, -0.1) is 0 Å². The monoisotopic (exact) mass is 636 g/mol. The number of nitrogens with one attached hydrogen (secondary N) is 1. The summed E-state index contributed by atoms with van der Waals surface area (Å²) in [6, 6.07) is 18.4. The Kier molecular flexibility index (Phi) is 10.0. The third-order valence-corrected chi connectivity index (χ3v) is 10.2. The van der Waals surface area contributed by atoms with Crippen LogP contribution in [0.5, 0.6) is 11.5 Å². The minimum atomic E-state index is -0.708. The molecule has 1 aliphatic carbocycles. The summed E-state index contributed by atoms with van der Waals surface area (Å²) >= 11 is 0. The quantitative estimate of drug-likeness (QED) is 0.222. The Morgan fingerprint density at radius 1 is 1.00 bits per heavy atom. The smallest absolute Gasteiger partial charge is 0.253 e. The van der Waals surface area contributed by atoms with E-state index in [2.05, 4.69) is 48.1 Å². The molecule has 1 unspecified atom stereocenters. The molecule has 2 amide bonds. The summed E-state index contributed by atoms with van der Waals surface area (Å²) in [4.78, 5) is 34.9. The van der Waals surface area contributed by atoms with Gasteiger partial charge in [0.1, 0.15) is 22.9 Å². The van der Waals surface area contributed by atoms with Gasteiger partial charge < -0.3 is 19.9 Å². The van der Waals surface area contributed by atoms with E-state index in [9.17, 15) is 9.59 Å². The van der Waals surface area contributed by atoms with Crippen molar-refractivity contribution in [2.24, 2.45) is 10.9 Å². The molecule has 9 heteroatoms. The number of hydrogen-bond acceptors (Lipinski definition) is 7. The summed E-state index contributed by atoms with van der Waals surface area (Å²) in [6.45, 7) is 11.4. The maximum atomic E-state index is 13.4. The van der Waals surface area contributed by atoms with E-state index in [1.165, 1.54) is 25.7 Å². The van der Waals surface area contributed by atoms with E-state index in [4.69, 9.17) is 9.73 Å². The number of nitrogens with zero attached hydrogens (tertiary/aromatic N) is 5. The molecule has 0 radical (unpaired) electrons. The number of likely N-dealkylation sites (tertiary alicyclic amines) is 1. The predicted octanol–water partition coefficient (Wildman–Crippen LogP) is 6.72. The van der Waals surface area contributed by atoms with Gasteiger partial charge in [-0.2, -0.15) is 10.2 Å². The fourth-order valence-electron chi connectivity index (χ4n) is 6.97. The standard InChI is InChI=1S/C38H48N6O3/c1-5-27(4)23-43(25-45)24-30-11-10-29(36-39-37(46)38(40-36)18-20-44(21-19-38)31-8-6-7-9-31)22-35(30)47-32-14-12-28(13-15-32)34-17-16-33(26(2)3)41-42-34/h10-17,22,25-27,31H,5-9,18-21,23-24H2,1-4H3,(H,39,40,46). The molecule has 1 aromatic heterocycles. The molecule has 3 heterocycles. The van der Waals surface area contributed by atoms with E-state index >= 15 is 0 Å². The third-order valence-electron chi connectivity index (χ3n) is 10.2. The van der Waals surface area contributed by atoms with Crippen LogP contribution < -0.4 is 10.1 Å². The van der Waals surface area contributed by atoms with Crippen LogP contribution in [0, 0.1) is 5.92 Å². The van der Waals surface area contributed by atoms with Gasteiger partial charge in [-0.1, -0.05) is 59.1 Å². The number of hydrogen-bond donors (Lipinski definition) is 1. The Labute approximate surface area is 278 Å². The van der Waals surface area contributed by atoms with Crippen LogP contribution in [0.15, 0.2) is 59.6 Å². The van der Waals surface area contributed by atoms with Crippen molar-refractivity contribution in [3.63, 3.8) is 0 Å². The van der Waals surface area contributed by atoms with Crippen molar-refractivity contribution in [3.05, 3.63) is 71.4 Å². The van der Waals surface area contributed by atoms with Gasteiger partial charge >= 0.3 is 0 Å². The molecule has 47 heavy (non-hydrogen) atoms. The number of ether oxygens (including phenoxy) is 1. The van der Waals surface area contributed by atoms with Crippen LogP contribution >= 0.6 is 0 Å². The van der Waals surface area contributed by atoms with Gasteiger partial charge in [0.15, 0.2) is 0 Å². The first-order valence-electron chi connectivity index (χ1n) is 17.4. The van der Waals surface area contributed by atoms with Crippen LogP contribution in [0.4, 0.5) is 0 Å². The van der Waals surface area contributed by atoms with Gasteiger partial charge in [-0.05, 0) is 80.0 Å². The zero-order valence-electron chi connectivity index (χ0n) is 28.2. The predicted molar refractivity (Wildman–Crippen MR) is 184 cm³/mol. The van der Waals surface area contributed by atoms with Gasteiger partial charge in [0.2, 0.25) is 6.41 Å². The van der Waals surface area contributed by atoms with Gasteiger partial charge in [-0.25, -0.2) is 0 Å². The van der Waals surface area contributed by atoms with Crippen molar-refractivity contribution in [1.29, 1.82) is 0 Å². The Morgan fingerprint density at radius 3 is 2.36 bits per heavy atom. The zero-order valence-corrected chi connectivity index (χ0v) is 28.2. The molecule has 1 atom stereocenters. The van der Waals surface area contributed by atoms with E-state index in [0.29, 0.717) is 48.3 Å². The van der Waals surface area contributed by atoms with Crippen LogP contribution in [-0.2, 0) is 16.1 Å². The molecule has 248 valence electrons. The minimum absolute atomic E-state index is 0.00841. The Morgan fingerprint density at radius 2 is 1.72 bits per heavy atom. The molecule has 3 aromatic rings. The van der Waals surface area contributed by atoms with E-state index < -0.39 is 5.54 Å². The maximum Gasteiger partial charge on any atom is 0.253 e. The molecule has 1 N–H and O–H groups in total. The second kappa shape index (κ2) is 14.3. The summed E-state index contributed by atoms with van der Waals surface area (Å²) in [5.74, 6) is 2.57. The lowest BCUT2D eigenvalue weighted by Crippen LogP contribution is -2.51. The maximum absolute atomic E-state index is 13.4. The second-order valence-electron chi connectivity index (χ2n) is 13.9. The van der Waals surface area contributed by atoms with Crippen LogP contribution in [0.25, 0.3) is 11.3 Å². The fraction of sp³-hybridized carbons (Fsp3) is 0.500. The molecule has 3 aliphatic rings. The Balaban J connectivity index is 1.24. The number of amides is 2. The summed E-state index contributed by atoms with van der Waals surface area (Å²) in [6.07, 6.45) is 8.53. The van der Waals surface area contributed by atoms with Crippen molar-refractivity contribution in [2.45, 2.75) is 96.7 Å². The average molecular weight is 637 g/mol. The molecule has 0 bridgehead atoms. The van der Waals surface area contributed by atoms with E-state index in [-0.39, 0.29) is 5.91 Å². The van der Waals surface area contributed by atoms with Crippen LogP contribution in [0.1, 0.15) is 95.4 Å². The lowest BCUT2D eigenvalue weighted by atomic mass is 9.87. The van der Waals surface area contributed by atoms with E-state index in [0.717, 1.165) is 66.8 Å². The number of benzene rings is 2. The van der Waals surface area contributed by atoms with Gasteiger partial charge in [0.05, 0.1) is 11.4 Å². The number of carbonyl (C=O) groups is 2. The molecule has 1 saturated carbocycles. The summed E-state index contributed by atoms with van der Waals surface area (Å²) in [7, 11) is 0. The van der Waals surface area contributed by atoms with Crippen molar-refractivity contribution < 1.29 is 14.3 Å². The number of carbonyl (C=O) groups excluding carboxylic acids is 2. The molecule has 2 fully saturated rings. The molecular formula is C38H48N6O3. The number of rotatable bonds is 12. The minimum Gasteiger partial charge on any atom is -0.457 e. The molecule has 9 nitrogen and oxygen atoms in total. The normalized spacial score (nSPS) is 18.7. The van der Waals surface area contributed by atoms with Crippen molar-refractivity contribution in [3.8, 4) is 22.8 Å². The third kappa shape index (κ3) is 7.40. The number of amidine groups is 1. The highest BCUT2D eigenvalue weighted by Gasteiger charge is 2.46. The first-order valence-corrected chi connectivity index (χ1v) is 17.4. The highest BCUT2D eigenvalue weighted by molar-refractivity contribution is 6.15. The number of piperidine rings is 1. The largest absolute Gasteiger partial charge is 0.457 e. The second-order valence-corrected chi connectivity index (χ2v) is 13.9. The van der Waals surface area contributed by atoms with Gasteiger partial charge in [0, 0.05) is 48.9 Å². The first kappa shape index (κ1) is 32.8. The van der Waals surface area contributed by atoms with E-state index in [1.807, 2.05) is 54.6 Å². The van der Waals surface area contributed by atoms with Gasteiger partial charge in [0.25, 0.3) is 5.91 Å². The Bertz CT molecular complexity index is 1570. The average Bonchev–Trinajstić information content (AvgIpc) is 3.74. The molecular weight excluding hydrogens is 588 g/mol. The molecule has 6 rings (SSSR count). The van der Waals surface area contributed by atoms with Crippen molar-refractivity contribution in [2.75, 3.05) is 19.6 Å². The van der Waals surface area contributed by atoms with Crippen LogP contribution in [-0.4, -0.2) is 69.4 Å². The highest BCUT2D eigenvalue weighted by atomic mass is 16.5. The number of aliphatic imine (C=N–C) groups is 1. The van der Waals surface area contributed by atoms with Crippen LogP contribution in [0.3, 0.4) is 0 Å². The first-order chi connectivity index (χ1) is 22.8. The van der Waals surface area contributed by atoms with E-state index in [1.54, 1.807) is 4.90 Å². The van der Waals surface area contributed by atoms with Crippen molar-refractivity contribution >= 4 is 18.2 Å². The molecule has 2 aliphatic heterocycles. The summed E-state index contributed by atoms with van der Waals surface area (Å²) < 4.78 is 6.51. The Hall–Kier alpha value is -4.11. The topological polar surface area (TPSA) is 100 Å². The fourth-order valence-corrected chi connectivity index (χ4v) is 6.97. The van der Waals surface area contributed by atoms with Crippen molar-refractivity contribution in [1.82, 2.24) is 25.3 Å². The summed E-state index contributed by atoms with van der Waals surface area (Å²) in [5, 5.41) is 11.9.